The van der Waals surface area contributed by atoms with Crippen molar-refractivity contribution in [2.45, 2.75) is 0 Å². The lowest BCUT2D eigenvalue weighted by Crippen LogP contribution is -2.11. The van der Waals surface area contributed by atoms with Gasteiger partial charge in [-0.05, 0) is 56.6 Å². The maximum Gasteiger partial charge on any atom is 0.0640 e. The zero-order valence-corrected chi connectivity index (χ0v) is 22.5. The summed E-state index contributed by atoms with van der Waals surface area (Å²) in [6, 6.07) is 51.3. The number of hydrogen-bond acceptors (Lipinski definition) is 2. The third kappa shape index (κ3) is 3.03. The molecule has 0 bridgehead atoms. The topological polar surface area (TPSA) is 3.24 Å². The second-order valence-electron chi connectivity index (χ2n) is 10.5. The van der Waals surface area contributed by atoms with Crippen LogP contribution in [-0.2, 0) is 0 Å². The minimum absolute atomic E-state index is 1.19. The van der Waals surface area contributed by atoms with Crippen LogP contribution in [0.5, 0.6) is 0 Å². The molecule has 9 aromatic rings. The van der Waals surface area contributed by atoms with Crippen LogP contribution in [-0.4, -0.2) is 0 Å². The van der Waals surface area contributed by atoms with Crippen molar-refractivity contribution >= 4 is 91.7 Å². The first-order valence-corrected chi connectivity index (χ1v) is 14.5. The van der Waals surface area contributed by atoms with Crippen LogP contribution in [0.2, 0.25) is 0 Å². The second-order valence-corrected chi connectivity index (χ2v) is 11.6. The van der Waals surface area contributed by atoms with Crippen LogP contribution < -0.4 is 4.90 Å². The third-order valence-electron chi connectivity index (χ3n) is 8.38. The summed E-state index contributed by atoms with van der Waals surface area (Å²) in [5, 5.41) is 12.9. The van der Waals surface area contributed by atoms with Crippen molar-refractivity contribution in [1.29, 1.82) is 0 Å². The maximum absolute atomic E-state index is 2.51. The Balaban J connectivity index is 1.45. The van der Waals surface area contributed by atoms with E-state index in [1.54, 1.807) is 0 Å². The molecule has 0 aliphatic rings. The molecule has 0 amide bonds. The molecule has 0 atom stereocenters. The van der Waals surface area contributed by atoms with Crippen LogP contribution in [0, 0.1) is 0 Å². The Kier molecular flexibility index (Phi) is 4.55. The average Bonchev–Trinajstić information content (AvgIpc) is 3.40. The van der Waals surface area contributed by atoms with E-state index in [1.807, 2.05) is 11.3 Å². The van der Waals surface area contributed by atoms with Crippen LogP contribution >= 0.6 is 11.3 Å². The summed E-state index contributed by atoms with van der Waals surface area (Å²) < 4.78 is 2.63. The van der Waals surface area contributed by atoms with Crippen molar-refractivity contribution in [3.8, 4) is 0 Å². The SMILES string of the molecule is c1ccc2c(N(c3ccc4ccc5cccc6ccc3c4c56)c3cccc4c3sc3ccccc34)cccc2c1. The predicted octanol–water partition coefficient (Wildman–Crippen LogP) is 11.6. The highest BCUT2D eigenvalue weighted by Gasteiger charge is 2.22. The molecular formula is C38H23NS. The summed E-state index contributed by atoms with van der Waals surface area (Å²) in [7, 11) is 0. The largest absolute Gasteiger partial charge is 0.308 e. The van der Waals surface area contributed by atoms with Crippen molar-refractivity contribution in [3.63, 3.8) is 0 Å². The molecule has 186 valence electrons. The van der Waals surface area contributed by atoms with Crippen molar-refractivity contribution in [3.05, 3.63) is 140 Å². The van der Waals surface area contributed by atoms with Crippen molar-refractivity contribution in [1.82, 2.24) is 0 Å². The number of anilines is 3. The molecule has 2 heteroatoms. The predicted molar refractivity (Wildman–Crippen MR) is 175 cm³/mol. The molecule has 0 fully saturated rings. The number of rotatable bonds is 3. The molecule has 9 rings (SSSR count). The number of thiophene rings is 1. The maximum atomic E-state index is 2.51. The first-order valence-electron chi connectivity index (χ1n) is 13.7. The lowest BCUT2D eigenvalue weighted by molar-refractivity contribution is 1.34. The van der Waals surface area contributed by atoms with Gasteiger partial charge in [-0.1, -0.05) is 115 Å². The van der Waals surface area contributed by atoms with Gasteiger partial charge in [0.2, 0.25) is 0 Å². The monoisotopic (exact) mass is 525 g/mol. The molecule has 0 aliphatic carbocycles. The first kappa shape index (κ1) is 22.0. The Morgan fingerprint density at radius 1 is 0.350 bits per heavy atom. The molecule has 1 aromatic heterocycles. The summed E-state index contributed by atoms with van der Waals surface area (Å²) in [4.78, 5) is 2.51. The van der Waals surface area contributed by atoms with Gasteiger partial charge >= 0.3 is 0 Å². The van der Waals surface area contributed by atoms with E-state index in [1.165, 1.54) is 80.3 Å². The van der Waals surface area contributed by atoms with E-state index >= 15 is 0 Å². The summed E-state index contributed by atoms with van der Waals surface area (Å²) in [6.45, 7) is 0. The molecule has 0 aliphatic heterocycles. The van der Waals surface area contributed by atoms with Crippen LogP contribution in [0.1, 0.15) is 0 Å². The van der Waals surface area contributed by atoms with Crippen LogP contribution in [0.3, 0.4) is 0 Å². The number of hydrogen-bond donors (Lipinski definition) is 0. The lowest BCUT2D eigenvalue weighted by Gasteiger charge is -2.29. The highest BCUT2D eigenvalue weighted by atomic mass is 32.1. The lowest BCUT2D eigenvalue weighted by atomic mass is 9.93. The summed E-state index contributed by atoms with van der Waals surface area (Å²) in [6.07, 6.45) is 0. The van der Waals surface area contributed by atoms with Gasteiger partial charge < -0.3 is 4.90 Å². The van der Waals surface area contributed by atoms with Gasteiger partial charge in [0.25, 0.3) is 0 Å². The van der Waals surface area contributed by atoms with Gasteiger partial charge in [-0.15, -0.1) is 11.3 Å². The second kappa shape index (κ2) is 8.29. The Morgan fingerprint density at radius 3 is 1.82 bits per heavy atom. The minimum atomic E-state index is 1.19. The molecule has 0 saturated heterocycles. The highest BCUT2D eigenvalue weighted by Crippen LogP contribution is 2.49. The summed E-state index contributed by atoms with van der Waals surface area (Å²) >= 11 is 1.88. The molecule has 0 unspecified atom stereocenters. The van der Waals surface area contributed by atoms with E-state index in [-0.39, 0.29) is 0 Å². The zero-order chi connectivity index (χ0) is 26.2. The molecular weight excluding hydrogens is 502 g/mol. The van der Waals surface area contributed by atoms with Gasteiger partial charge in [0.15, 0.2) is 0 Å². The third-order valence-corrected chi connectivity index (χ3v) is 9.59. The van der Waals surface area contributed by atoms with Crippen molar-refractivity contribution in [2.75, 3.05) is 4.90 Å². The molecule has 40 heavy (non-hydrogen) atoms. The fourth-order valence-electron chi connectivity index (χ4n) is 6.62. The van der Waals surface area contributed by atoms with Crippen LogP contribution in [0.25, 0.3) is 63.3 Å². The van der Waals surface area contributed by atoms with E-state index in [9.17, 15) is 0 Å². The van der Waals surface area contributed by atoms with E-state index in [2.05, 4.69) is 144 Å². The van der Waals surface area contributed by atoms with Gasteiger partial charge in [0, 0.05) is 26.2 Å². The van der Waals surface area contributed by atoms with Gasteiger partial charge in [-0.2, -0.15) is 0 Å². The molecule has 0 radical (unpaired) electrons. The smallest absolute Gasteiger partial charge is 0.0640 e. The molecule has 0 spiro atoms. The molecule has 0 saturated carbocycles. The van der Waals surface area contributed by atoms with Crippen molar-refractivity contribution < 1.29 is 0 Å². The number of fused-ring (bicyclic) bond motifs is 4. The Morgan fingerprint density at radius 2 is 0.925 bits per heavy atom. The van der Waals surface area contributed by atoms with Gasteiger partial charge in [-0.25, -0.2) is 0 Å². The van der Waals surface area contributed by atoms with Crippen LogP contribution in [0.4, 0.5) is 17.1 Å². The molecule has 1 heterocycles. The molecule has 0 N–H and O–H groups in total. The fourth-order valence-corrected chi connectivity index (χ4v) is 7.82. The average molecular weight is 526 g/mol. The van der Waals surface area contributed by atoms with E-state index in [4.69, 9.17) is 0 Å². The quantitative estimate of drug-likeness (QED) is 0.207. The van der Waals surface area contributed by atoms with Gasteiger partial charge in [-0.3, -0.25) is 0 Å². The van der Waals surface area contributed by atoms with Gasteiger partial charge in [0.05, 0.1) is 21.8 Å². The Hall–Kier alpha value is -4.92. The summed E-state index contributed by atoms with van der Waals surface area (Å²) in [5.74, 6) is 0. The zero-order valence-electron chi connectivity index (χ0n) is 21.6. The molecule has 8 aromatic carbocycles. The fraction of sp³-hybridized carbons (Fsp3) is 0. The molecule has 1 nitrogen and oxygen atoms in total. The minimum Gasteiger partial charge on any atom is -0.308 e. The van der Waals surface area contributed by atoms with E-state index in [0.29, 0.717) is 0 Å². The van der Waals surface area contributed by atoms with Crippen molar-refractivity contribution in [2.24, 2.45) is 0 Å². The number of benzene rings is 8. The van der Waals surface area contributed by atoms with Gasteiger partial charge in [0.1, 0.15) is 0 Å². The standard InChI is InChI=1S/C38H23NS/c1-2-12-28-24(8-1)9-6-15-32(28)39(34-16-7-14-30-29-13-3-4-17-35(29)40-38(30)34)33-23-21-27-19-18-25-10-5-11-26-20-22-31(33)37(27)36(25)26/h1-23H. The normalized spacial score (nSPS) is 12.0. The number of nitrogens with zero attached hydrogens (tertiary/aromatic N) is 1. The van der Waals surface area contributed by atoms with E-state index in [0.717, 1.165) is 0 Å². The van der Waals surface area contributed by atoms with Crippen LogP contribution in [0.15, 0.2) is 140 Å². The first-order chi connectivity index (χ1) is 19.8. The van der Waals surface area contributed by atoms with E-state index < -0.39 is 0 Å². The Labute approximate surface area is 235 Å². The Bertz CT molecular complexity index is 2380. The summed E-state index contributed by atoms with van der Waals surface area (Å²) in [5.41, 5.74) is 3.61. The highest BCUT2D eigenvalue weighted by molar-refractivity contribution is 7.26.